The Bertz CT molecular complexity index is 624. The first-order chi connectivity index (χ1) is 8.31. The minimum absolute atomic E-state index is 0. The van der Waals surface area contributed by atoms with Gasteiger partial charge in [-0.3, -0.25) is 0 Å². The Hall–Kier alpha value is -1.65. The average molecular weight is 266 g/mol. The van der Waals surface area contributed by atoms with E-state index in [0.717, 1.165) is 4.40 Å². The van der Waals surface area contributed by atoms with Gasteiger partial charge in [0, 0.05) is 6.07 Å². The number of carbonyl (C=O) groups excluding carboxylic acids is 1. The summed E-state index contributed by atoms with van der Waals surface area (Å²) in [6.45, 7) is -1.55. The molecule has 5 nitrogen and oxygen atoms in total. The summed E-state index contributed by atoms with van der Waals surface area (Å²) in [6.07, 6.45) is -3.43. The van der Waals surface area contributed by atoms with E-state index < -0.39 is 30.3 Å². The van der Waals surface area contributed by atoms with E-state index in [9.17, 15) is 28.2 Å². The predicted molar refractivity (Wildman–Crippen MR) is 47.4 cm³/mol. The molecule has 0 bridgehead atoms. The van der Waals surface area contributed by atoms with Gasteiger partial charge in [0.2, 0.25) is 0 Å². The summed E-state index contributed by atoms with van der Waals surface area (Å²) < 4.78 is 38.2. The SMILES string of the molecule is O=C([O-])c1c([O-])n(CC(F)(F)F)c2cccc[n+]12.[Li+]. The van der Waals surface area contributed by atoms with Gasteiger partial charge in [-0.25, -0.2) is 4.57 Å². The third-order valence-corrected chi connectivity index (χ3v) is 2.33. The van der Waals surface area contributed by atoms with Crippen LogP contribution in [0.15, 0.2) is 24.4 Å². The number of imidazole rings is 1. The van der Waals surface area contributed by atoms with E-state index in [1.807, 2.05) is 0 Å². The number of carboxylic acids is 1. The molecule has 2 aromatic heterocycles. The molecule has 0 fully saturated rings. The van der Waals surface area contributed by atoms with Crippen LogP contribution in [0.5, 0.6) is 5.88 Å². The molecule has 0 aromatic carbocycles. The molecule has 19 heavy (non-hydrogen) atoms. The molecule has 96 valence electrons. The molecule has 0 saturated carbocycles. The molecule has 2 heterocycles. The number of alkyl halides is 3. The number of hydrogen-bond donors (Lipinski definition) is 0. The van der Waals surface area contributed by atoms with E-state index in [0.29, 0.717) is 4.57 Å². The fourth-order valence-corrected chi connectivity index (χ4v) is 1.70. The van der Waals surface area contributed by atoms with E-state index in [-0.39, 0.29) is 24.5 Å². The Balaban J connectivity index is 0.00000180. The summed E-state index contributed by atoms with van der Waals surface area (Å²) in [5.41, 5.74) is -0.978. The Morgan fingerprint density at radius 2 is 2.00 bits per heavy atom. The molecule has 0 amide bonds. The van der Waals surface area contributed by atoms with Gasteiger partial charge in [0.15, 0.2) is 12.2 Å². The van der Waals surface area contributed by atoms with Crippen LogP contribution in [-0.2, 0) is 6.54 Å². The summed E-state index contributed by atoms with van der Waals surface area (Å²) in [6, 6.07) is 4.02. The number of carboxylic acid groups (broad SMARTS) is 1. The smallest absolute Gasteiger partial charge is 0.839 e. The van der Waals surface area contributed by atoms with Gasteiger partial charge in [0.25, 0.3) is 5.65 Å². The Morgan fingerprint density at radius 1 is 1.37 bits per heavy atom. The zero-order valence-corrected chi connectivity index (χ0v) is 9.77. The van der Waals surface area contributed by atoms with Crippen molar-refractivity contribution in [2.45, 2.75) is 12.7 Å². The van der Waals surface area contributed by atoms with Crippen LogP contribution in [0.25, 0.3) is 5.65 Å². The minimum atomic E-state index is -4.62. The Labute approximate surface area is 117 Å². The number of nitrogens with zero attached hydrogens (tertiary/aromatic N) is 2. The molecule has 9 heteroatoms. The van der Waals surface area contributed by atoms with Gasteiger partial charge < -0.3 is 15.0 Å². The predicted octanol–water partition coefficient (Wildman–Crippen LogP) is -3.77. The minimum Gasteiger partial charge on any atom is -0.839 e. The van der Waals surface area contributed by atoms with Crippen LogP contribution in [0.1, 0.15) is 10.5 Å². The van der Waals surface area contributed by atoms with Crippen molar-refractivity contribution >= 4 is 11.6 Å². The monoisotopic (exact) mass is 266 g/mol. The van der Waals surface area contributed by atoms with Crippen LogP contribution in [0.4, 0.5) is 13.2 Å². The second kappa shape index (κ2) is 5.15. The average Bonchev–Trinajstić information content (AvgIpc) is 2.50. The summed E-state index contributed by atoms with van der Waals surface area (Å²) >= 11 is 0. The fraction of sp³-hybridized carbons (Fsp3) is 0.200. The molecule has 0 spiro atoms. The number of hydrogen-bond acceptors (Lipinski definition) is 3. The standard InChI is InChI=1S/C10H7F3N2O3.Li/c11-10(12,13)5-15-6-3-1-2-4-14(6)7(8(15)16)9(17)18;/h1-4H,5H2,(H-,16,17,18);/q;+1/p-1. The summed E-state index contributed by atoms with van der Waals surface area (Å²) in [4.78, 5) is 10.8. The first-order valence-electron chi connectivity index (χ1n) is 4.79. The molecule has 0 saturated heterocycles. The third kappa shape index (κ3) is 2.85. The molecule has 0 aliphatic rings. The first-order valence-corrected chi connectivity index (χ1v) is 4.79. The van der Waals surface area contributed by atoms with Crippen molar-refractivity contribution in [1.82, 2.24) is 4.57 Å². The van der Waals surface area contributed by atoms with Gasteiger partial charge in [-0.2, -0.15) is 17.6 Å². The van der Waals surface area contributed by atoms with Crippen molar-refractivity contribution in [2.75, 3.05) is 0 Å². The molecule has 0 radical (unpaired) electrons. The number of carbonyl (C=O) groups is 1. The van der Waals surface area contributed by atoms with Gasteiger partial charge in [-0.15, -0.1) is 0 Å². The van der Waals surface area contributed by atoms with Crippen LogP contribution in [0.3, 0.4) is 0 Å². The molecule has 0 aliphatic carbocycles. The van der Waals surface area contributed by atoms with E-state index in [4.69, 9.17) is 0 Å². The molecular formula is C10H6F3LiN2O3. The van der Waals surface area contributed by atoms with Gasteiger partial charge in [-0.1, -0.05) is 6.07 Å². The van der Waals surface area contributed by atoms with Crippen molar-refractivity contribution in [1.29, 1.82) is 0 Å². The quantitative estimate of drug-likeness (QED) is 0.414. The zero-order valence-electron chi connectivity index (χ0n) is 9.77. The van der Waals surface area contributed by atoms with Crippen LogP contribution in [0, 0.1) is 0 Å². The van der Waals surface area contributed by atoms with Crippen LogP contribution >= 0.6 is 0 Å². The van der Waals surface area contributed by atoms with E-state index in [2.05, 4.69) is 0 Å². The van der Waals surface area contributed by atoms with Crippen molar-refractivity contribution in [3.63, 3.8) is 0 Å². The number of halogens is 3. The normalized spacial score (nSPS) is 11.3. The molecule has 0 unspecified atom stereocenters. The number of pyridine rings is 1. The van der Waals surface area contributed by atoms with E-state index >= 15 is 0 Å². The van der Waals surface area contributed by atoms with Crippen molar-refractivity contribution < 1.29 is 51.4 Å². The Morgan fingerprint density at radius 3 is 2.53 bits per heavy atom. The van der Waals surface area contributed by atoms with Gasteiger partial charge in [-0.05, 0) is 6.07 Å². The topological polar surface area (TPSA) is 72.2 Å². The number of rotatable bonds is 2. The molecule has 2 aromatic rings. The molecule has 0 aliphatic heterocycles. The summed E-state index contributed by atoms with van der Waals surface area (Å²) in [7, 11) is 0. The maximum atomic E-state index is 12.3. The van der Waals surface area contributed by atoms with Crippen molar-refractivity contribution in [3.05, 3.63) is 30.1 Å². The molecule has 2 rings (SSSR count). The van der Waals surface area contributed by atoms with Crippen LogP contribution in [-0.4, -0.2) is 16.7 Å². The number of aromatic carboxylic acids is 1. The largest absolute Gasteiger partial charge is 1.00 e. The van der Waals surface area contributed by atoms with Crippen molar-refractivity contribution in [2.24, 2.45) is 0 Å². The zero-order chi connectivity index (χ0) is 13.5. The van der Waals surface area contributed by atoms with E-state index in [1.54, 1.807) is 0 Å². The second-order valence-corrected chi connectivity index (χ2v) is 3.57. The third-order valence-electron chi connectivity index (χ3n) is 2.33. The maximum absolute atomic E-state index is 12.3. The second-order valence-electron chi connectivity index (χ2n) is 3.57. The maximum Gasteiger partial charge on any atom is 1.00 e. The number of aromatic nitrogens is 2. The summed E-state index contributed by atoms with van der Waals surface area (Å²) in [5, 5.41) is 22.4. The van der Waals surface area contributed by atoms with E-state index in [1.165, 1.54) is 24.4 Å². The molecule has 0 atom stereocenters. The van der Waals surface area contributed by atoms with Crippen LogP contribution < -0.4 is 33.5 Å². The first kappa shape index (κ1) is 15.4. The molecule has 0 N–H and O–H groups in total. The van der Waals surface area contributed by atoms with Gasteiger partial charge >= 0.3 is 25.0 Å². The van der Waals surface area contributed by atoms with Gasteiger partial charge in [0.05, 0.1) is 6.20 Å². The van der Waals surface area contributed by atoms with Crippen LogP contribution in [0.2, 0.25) is 0 Å². The molecular weight excluding hydrogens is 260 g/mol. The fourth-order valence-electron chi connectivity index (χ4n) is 1.70. The van der Waals surface area contributed by atoms with Gasteiger partial charge in [0.1, 0.15) is 11.8 Å². The Kier molecular flexibility index (Phi) is 4.17. The number of fused-ring (bicyclic) bond motifs is 1. The van der Waals surface area contributed by atoms with Crippen molar-refractivity contribution in [3.8, 4) is 5.88 Å². The summed E-state index contributed by atoms with van der Waals surface area (Å²) in [5.74, 6) is -3.05.